The van der Waals surface area contributed by atoms with Gasteiger partial charge in [-0.1, -0.05) is 11.6 Å². The summed E-state index contributed by atoms with van der Waals surface area (Å²) in [5.74, 6) is -2.28. The fraction of sp³-hybridized carbons (Fsp3) is 0.250. The largest absolute Gasteiger partial charge is 0.452 e. The minimum atomic E-state index is -0.796. The fourth-order valence-electron chi connectivity index (χ4n) is 2.26. The van der Waals surface area contributed by atoms with E-state index in [-0.39, 0.29) is 21.8 Å². The average molecular weight is 407 g/mol. The maximum Gasteiger partial charge on any atom is 0.340 e. The summed E-state index contributed by atoms with van der Waals surface area (Å²) in [6.07, 6.45) is 0. The summed E-state index contributed by atoms with van der Waals surface area (Å²) in [4.78, 5) is 36.5. The highest BCUT2D eigenvalue weighted by atomic mass is 35.5. The van der Waals surface area contributed by atoms with E-state index < -0.39 is 35.7 Å². The molecule has 0 aliphatic heterocycles. The smallest absolute Gasteiger partial charge is 0.340 e. The number of halogens is 2. The number of ether oxygens (including phenoxy) is 1. The second-order valence-corrected chi connectivity index (χ2v) is 7.46. The van der Waals surface area contributed by atoms with Crippen molar-refractivity contribution in [2.45, 2.75) is 26.3 Å². The first kappa shape index (κ1) is 21.4. The summed E-state index contributed by atoms with van der Waals surface area (Å²) in [5, 5.41) is 5.51. The lowest BCUT2D eigenvalue weighted by Crippen LogP contribution is -2.42. The molecule has 2 N–H and O–H groups in total. The molecule has 0 radical (unpaired) electrons. The molecule has 28 heavy (non-hydrogen) atoms. The molecule has 0 atom stereocenters. The molecule has 2 aromatic carbocycles. The van der Waals surface area contributed by atoms with Gasteiger partial charge in [0.2, 0.25) is 0 Å². The van der Waals surface area contributed by atoms with E-state index in [9.17, 15) is 18.8 Å². The summed E-state index contributed by atoms with van der Waals surface area (Å²) in [6.45, 7) is 4.93. The molecule has 2 rings (SSSR count). The van der Waals surface area contributed by atoms with E-state index in [4.69, 9.17) is 16.3 Å². The number of carbonyl (C=O) groups excluding carboxylic acids is 3. The van der Waals surface area contributed by atoms with Crippen molar-refractivity contribution in [2.75, 3.05) is 11.9 Å². The zero-order valence-electron chi connectivity index (χ0n) is 15.6. The molecule has 0 unspecified atom stereocenters. The minimum absolute atomic E-state index is 0.0309. The van der Waals surface area contributed by atoms with E-state index in [1.165, 1.54) is 30.3 Å². The van der Waals surface area contributed by atoms with Crippen LogP contribution in [0.2, 0.25) is 5.02 Å². The van der Waals surface area contributed by atoms with E-state index in [1.54, 1.807) is 20.8 Å². The topological polar surface area (TPSA) is 84.5 Å². The third-order valence-corrected chi connectivity index (χ3v) is 3.64. The van der Waals surface area contributed by atoms with Crippen molar-refractivity contribution in [3.63, 3.8) is 0 Å². The summed E-state index contributed by atoms with van der Waals surface area (Å²) in [5.41, 5.74) is -0.116. The Morgan fingerprint density at radius 2 is 1.71 bits per heavy atom. The monoisotopic (exact) mass is 406 g/mol. The number of amides is 2. The highest BCUT2D eigenvalue weighted by Crippen LogP contribution is 2.23. The SMILES string of the molecule is CC(C)(C)NC(=O)COC(=O)c1ccc(Cl)cc1NC(=O)c1ccc(F)cc1. The first-order chi connectivity index (χ1) is 13.0. The number of hydrogen-bond acceptors (Lipinski definition) is 4. The van der Waals surface area contributed by atoms with Crippen LogP contribution < -0.4 is 10.6 Å². The maximum atomic E-state index is 13.0. The lowest BCUT2D eigenvalue weighted by atomic mass is 10.1. The molecule has 2 aromatic rings. The molecular weight excluding hydrogens is 387 g/mol. The molecule has 2 amide bonds. The van der Waals surface area contributed by atoms with Crippen molar-refractivity contribution in [1.29, 1.82) is 0 Å². The number of nitrogens with one attached hydrogen (secondary N) is 2. The molecule has 0 aliphatic carbocycles. The van der Waals surface area contributed by atoms with Crippen LogP contribution in [0.15, 0.2) is 42.5 Å². The van der Waals surface area contributed by atoms with Crippen molar-refractivity contribution in [2.24, 2.45) is 0 Å². The molecule has 0 bridgehead atoms. The zero-order chi connectivity index (χ0) is 20.9. The number of carbonyl (C=O) groups is 3. The van der Waals surface area contributed by atoms with E-state index in [2.05, 4.69) is 10.6 Å². The van der Waals surface area contributed by atoms with Gasteiger partial charge in [0.05, 0.1) is 11.3 Å². The highest BCUT2D eigenvalue weighted by molar-refractivity contribution is 6.31. The van der Waals surface area contributed by atoms with E-state index in [0.29, 0.717) is 0 Å². The van der Waals surface area contributed by atoms with Crippen molar-refractivity contribution in [3.05, 3.63) is 64.4 Å². The molecule has 0 aromatic heterocycles. The Hall–Kier alpha value is -2.93. The van der Waals surface area contributed by atoms with Crippen molar-refractivity contribution >= 4 is 35.1 Å². The summed E-state index contributed by atoms with van der Waals surface area (Å²) < 4.78 is 18.0. The van der Waals surface area contributed by atoms with Gasteiger partial charge in [0.15, 0.2) is 6.61 Å². The number of benzene rings is 2. The Bertz CT molecular complexity index is 892. The van der Waals surface area contributed by atoms with E-state index in [1.807, 2.05) is 0 Å². The highest BCUT2D eigenvalue weighted by Gasteiger charge is 2.19. The molecule has 0 fully saturated rings. The van der Waals surface area contributed by atoms with Gasteiger partial charge in [-0.2, -0.15) is 0 Å². The van der Waals surface area contributed by atoms with Crippen LogP contribution in [-0.4, -0.2) is 29.9 Å². The number of esters is 1. The van der Waals surface area contributed by atoms with Crippen LogP contribution in [0.5, 0.6) is 0 Å². The van der Waals surface area contributed by atoms with E-state index >= 15 is 0 Å². The number of rotatable bonds is 5. The summed E-state index contributed by atoms with van der Waals surface area (Å²) in [7, 11) is 0. The molecular formula is C20H20ClFN2O4. The Morgan fingerprint density at radius 3 is 2.32 bits per heavy atom. The van der Waals surface area contributed by atoms with Gasteiger partial charge in [-0.15, -0.1) is 0 Å². The summed E-state index contributed by atoms with van der Waals surface area (Å²) in [6, 6.07) is 9.14. The van der Waals surface area contributed by atoms with Crippen molar-refractivity contribution < 1.29 is 23.5 Å². The van der Waals surface area contributed by atoms with Gasteiger partial charge in [-0.3, -0.25) is 9.59 Å². The molecule has 0 aliphatic rings. The van der Waals surface area contributed by atoms with Gasteiger partial charge in [-0.25, -0.2) is 9.18 Å². The number of anilines is 1. The molecule has 8 heteroatoms. The molecule has 0 heterocycles. The van der Waals surface area contributed by atoms with E-state index in [0.717, 1.165) is 12.1 Å². The Morgan fingerprint density at radius 1 is 1.07 bits per heavy atom. The fourth-order valence-corrected chi connectivity index (χ4v) is 2.43. The van der Waals surface area contributed by atoms with Crippen LogP contribution >= 0.6 is 11.6 Å². The first-order valence-electron chi connectivity index (χ1n) is 8.40. The molecule has 0 saturated heterocycles. The third-order valence-electron chi connectivity index (χ3n) is 3.40. The standard InChI is InChI=1S/C20H20ClFN2O4/c1-20(2,3)24-17(25)11-28-19(27)15-9-6-13(21)10-16(15)23-18(26)12-4-7-14(22)8-5-12/h4-10H,11H2,1-3H3,(H,23,26)(H,24,25). The predicted molar refractivity (Wildman–Crippen MR) is 104 cm³/mol. The predicted octanol–water partition coefficient (Wildman–Crippen LogP) is 3.80. The van der Waals surface area contributed by atoms with Crippen LogP contribution in [0.4, 0.5) is 10.1 Å². The van der Waals surface area contributed by atoms with Gasteiger partial charge in [0.25, 0.3) is 11.8 Å². The lowest BCUT2D eigenvalue weighted by Gasteiger charge is -2.20. The molecule has 6 nitrogen and oxygen atoms in total. The first-order valence-corrected chi connectivity index (χ1v) is 8.77. The van der Waals surface area contributed by atoms with Crippen molar-refractivity contribution in [3.8, 4) is 0 Å². The van der Waals surface area contributed by atoms with Crippen LogP contribution in [0.3, 0.4) is 0 Å². The van der Waals surface area contributed by atoms with Crippen molar-refractivity contribution in [1.82, 2.24) is 5.32 Å². The minimum Gasteiger partial charge on any atom is -0.452 e. The maximum absolute atomic E-state index is 13.0. The van der Waals surface area contributed by atoms with Crippen LogP contribution in [-0.2, 0) is 9.53 Å². The van der Waals surface area contributed by atoms with Gasteiger partial charge in [-0.05, 0) is 63.2 Å². The lowest BCUT2D eigenvalue weighted by molar-refractivity contribution is -0.125. The quantitative estimate of drug-likeness (QED) is 0.739. The molecule has 148 valence electrons. The summed E-state index contributed by atoms with van der Waals surface area (Å²) >= 11 is 5.95. The zero-order valence-corrected chi connectivity index (χ0v) is 16.4. The van der Waals surface area contributed by atoms with Crippen LogP contribution in [0.1, 0.15) is 41.5 Å². The Labute approximate surface area is 167 Å². The third kappa shape index (κ3) is 6.35. The van der Waals surface area contributed by atoms with Gasteiger partial charge in [0.1, 0.15) is 5.82 Å². The second kappa shape index (κ2) is 8.84. The van der Waals surface area contributed by atoms with Gasteiger partial charge in [0, 0.05) is 16.1 Å². The van der Waals surface area contributed by atoms with Crippen LogP contribution in [0.25, 0.3) is 0 Å². The van der Waals surface area contributed by atoms with Gasteiger partial charge < -0.3 is 15.4 Å². The molecule has 0 saturated carbocycles. The molecule has 0 spiro atoms. The van der Waals surface area contributed by atoms with Gasteiger partial charge >= 0.3 is 5.97 Å². The normalized spacial score (nSPS) is 10.9. The number of hydrogen-bond donors (Lipinski definition) is 2. The van der Waals surface area contributed by atoms with Crippen LogP contribution in [0, 0.1) is 5.82 Å². The average Bonchev–Trinajstić information content (AvgIpc) is 2.59. The Kier molecular flexibility index (Phi) is 6.75. The Balaban J connectivity index is 2.12. The second-order valence-electron chi connectivity index (χ2n) is 7.03.